The Kier molecular flexibility index (Phi) is 1.66. The molecule has 2 N–H and O–H groups in total. The zero-order valence-electron chi connectivity index (χ0n) is 6.34. The van der Waals surface area contributed by atoms with E-state index in [1.54, 1.807) is 6.20 Å². The van der Waals surface area contributed by atoms with Crippen LogP contribution in [0.5, 0.6) is 0 Å². The maximum atomic E-state index is 5.97. The highest BCUT2D eigenvalue weighted by Crippen LogP contribution is 2.31. The van der Waals surface area contributed by atoms with Crippen LogP contribution < -0.4 is 5.73 Å². The minimum absolute atomic E-state index is 0.507. The van der Waals surface area contributed by atoms with Gasteiger partial charge < -0.3 is 5.73 Å². The van der Waals surface area contributed by atoms with Crippen LogP contribution in [0, 0.1) is 6.92 Å². The fourth-order valence-corrected chi connectivity index (χ4v) is 2.11. The Morgan fingerprint density at radius 2 is 2.33 bits per heavy atom. The Balaban J connectivity index is 2.96. The average Bonchev–Trinajstić information content (AvgIpc) is 2.41. The van der Waals surface area contributed by atoms with Crippen molar-refractivity contribution in [1.82, 2.24) is 9.36 Å². The number of fused-ring (bicyclic) bond motifs is 1. The second kappa shape index (κ2) is 2.57. The SMILES string of the molecule is Cc1nsc2ncc(N)c(Cl)c12. The number of aromatic nitrogens is 2. The van der Waals surface area contributed by atoms with Crippen molar-refractivity contribution >= 4 is 39.0 Å². The molecule has 0 aliphatic carbocycles. The lowest BCUT2D eigenvalue weighted by Gasteiger charge is -1.97. The highest BCUT2D eigenvalue weighted by atomic mass is 35.5. The molecule has 0 saturated heterocycles. The quantitative estimate of drug-likeness (QED) is 0.708. The fourth-order valence-electron chi connectivity index (χ4n) is 1.03. The summed E-state index contributed by atoms with van der Waals surface area (Å²) in [5.41, 5.74) is 6.99. The van der Waals surface area contributed by atoms with E-state index in [0.717, 1.165) is 15.9 Å². The van der Waals surface area contributed by atoms with Crippen LogP contribution in [0.15, 0.2) is 6.20 Å². The number of halogens is 1. The normalized spacial score (nSPS) is 10.8. The van der Waals surface area contributed by atoms with Crippen LogP contribution >= 0.6 is 23.1 Å². The van der Waals surface area contributed by atoms with Crippen LogP contribution in [0.1, 0.15) is 5.69 Å². The number of aryl methyl sites for hydroxylation is 1. The Morgan fingerprint density at radius 1 is 1.58 bits per heavy atom. The Morgan fingerprint density at radius 3 is 3.08 bits per heavy atom. The second-order valence-electron chi connectivity index (χ2n) is 2.48. The van der Waals surface area contributed by atoms with E-state index in [2.05, 4.69) is 9.36 Å². The lowest BCUT2D eigenvalue weighted by molar-refractivity contribution is 1.37. The molecule has 0 unspecified atom stereocenters. The third-order valence-corrected chi connectivity index (χ3v) is 2.89. The summed E-state index contributed by atoms with van der Waals surface area (Å²) in [5.74, 6) is 0. The van der Waals surface area contributed by atoms with Crippen LogP contribution in [-0.4, -0.2) is 9.36 Å². The molecule has 0 amide bonds. The van der Waals surface area contributed by atoms with Crippen molar-refractivity contribution in [3.05, 3.63) is 16.9 Å². The Labute approximate surface area is 78.3 Å². The van der Waals surface area contributed by atoms with Crippen molar-refractivity contribution in [3.63, 3.8) is 0 Å². The first kappa shape index (κ1) is 7.76. The number of nitrogens with zero attached hydrogens (tertiary/aromatic N) is 2. The molecule has 2 aromatic rings. The zero-order chi connectivity index (χ0) is 8.72. The van der Waals surface area contributed by atoms with Gasteiger partial charge in [0, 0.05) is 0 Å². The van der Waals surface area contributed by atoms with Gasteiger partial charge in [-0.3, -0.25) is 0 Å². The second-order valence-corrected chi connectivity index (χ2v) is 3.61. The van der Waals surface area contributed by atoms with Crippen molar-refractivity contribution in [2.75, 3.05) is 5.73 Å². The number of nitrogen functional groups attached to an aromatic ring is 1. The molecule has 0 aliphatic rings. The smallest absolute Gasteiger partial charge is 0.145 e. The van der Waals surface area contributed by atoms with E-state index in [9.17, 15) is 0 Å². The monoisotopic (exact) mass is 199 g/mol. The molecule has 0 atom stereocenters. The minimum Gasteiger partial charge on any atom is -0.396 e. The van der Waals surface area contributed by atoms with E-state index in [1.165, 1.54) is 11.5 Å². The minimum atomic E-state index is 0.507. The van der Waals surface area contributed by atoms with Gasteiger partial charge in [0.1, 0.15) is 4.83 Å². The Bertz CT molecular complexity index is 437. The third-order valence-electron chi connectivity index (χ3n) is 1.64. The lowest BCUT2D eigenvalue weighted by atomic mass is 10.3. The van der Waals surface area contributed by atoms with Gasteiger partial charge in [-0.1, -0.05) is 11.6 Å². The van der Waals surface area contributed by atoms with E-state index in [4.69, 9.17) is 17.3 Å². The molecule has 0 aliphatic heterocycles. The fraction of sp³-hybridized carbons (Fsp3) is 0.143. The summed E-state index contributed by atoms with van der Waals surface area (Å²) in [7, 11) is 0. The van der Waals surface area contributed by atoms with Crippen molar-refractivity contribution < 1.29 is 0 Å². The van der Waals surface area contributed by atoms with Gasteiger partial charge in [0.2, 0.25) is 0 Å². The summed E-state index contributed by atoms with van der Waals surface area (Å²) in [6, 6.07) is 0. The third kappa shape index (κ3) is 0.956. The molecule has 0 aromatic carbocycles. The van der Waals surface area contributed by atoms with Gasteiger partial charge in [-0.2, -0.15) is 4.37 Å². The van der Waals surface area contributed by atoms with Gasteiger partial charge in [0.05, 0.1) is 28.0 Å². The van der Waals surface area contributed by atoms with Crippen LogP contribution in [-0.2, 0) is 0 Å². The molecule has 62 valence electrons. The molecule has 0 spiro atoms. The molecule has 0 saturated carbocycles. The summed E-state index contributed by atoms with van der Waals surface area (Å²) in [4.78, 5) is 4.95. The topological polar surface area (TPSA) is 51.8 Å². The van der Waals surface area contributed by atoms with Crippen molar-refractivity contribution in [3.8, 4) is 0 Å². The molecule has 2 aromatic heterocycles. The number of rotatable bonds is 0. The maximum Gasteiger partial charge on any atom is 0.145 e. The predicted molar refractivity (Wildman–Crippen MR) is 51.6 cm³/mol. The molecule has 0 fully saturated rings. The molecule has 5 heteroatoms. The van der Waals surface area contributed by atoms with E-state index < -0.39 is 0 Å². The van der Waals surface area contributed by atoms with Crippen LogP contribution in [0.4, 0.5) is 5.69 Å². The molecular weight excluding hydrogens is 194 g/mol. The van der Waals surface area contributed by atoms with Crippen LogP contribution in [0.25, 0.3) is 10.2 Å². The van der Waals surface area contributed by atoms with Crippen LogP contribution in [0.2, 0.25) is 5.02 Å². The summed E-state index contributed by atoms with van der Waals surface area (Å²) < 4.78 is 4.14. The van der Waals surface area contributed by atoms with E-state index in [1.807, 2.05) is 6.92 Å². The molecule has 0 radical (unpaired) electrons. The molecular formula is C7H6ClN3S. The highest BCUT2D eigenvalue weighted by molar-refractivity contribution is 7.13. The number of hydrogen-bond donors (Lipinski definition) is 1. The first-order valence-corrected chi connectivity index (χ1v) is 4.51. The van der Waals surface area contributed by atoms with Gasteiger partial charge >= 0.3 is 0 Å². The van der Waals surface area contributed by atoms with Gasteiger partial charge in [0.25, 0.3) is 0 Å². The number of hydrogen-bond acceptors (Lipinski definition) is 4. The van der Waals surface area contributed by atoms with Crippen molar-refractivity contribution in [2.45, 2.75) is 6.92 Å². The maximum absolute atomic E-state index is 5.97. The summed E-state index contributed by atoms with van der Waals surface area (Å²) in [5, 5.41) is 1.44. The van der Waals surface area contributed by atoms with Gasteiger partial charge in [-0.15, -0.1) is 0 Å². The van der Waals surface area contributed by atoms with E-state index >= 15 is 0 Å². The number of nitrogens with two attached hydrogens (primary N) is 1. The first-order valence-electron chi connectivity index (χ1n) is 3.36. The van der Waals surface area contributed by atoms with Gasteiger partial charge in [0.15, 0.2) is 0 Å². The molecule has 0 bridgehead atoms. The van der Waals surface area contributed by atoms with Gasteiger partial charge in [-0.05, 0) is 18.5 Å². The summed E-state index contributed by atoms with van der Waals surface area (Å²) in [6.07, 6.45) is 1.56. The van der Waals surface area contributed by atoms with E-state index in [-0.39, 0.29) is 0 Å². The van der Waals surface area contributed by atoms with Crippen molar-refractivity contribution in [1.29, 1.82) is 0 Å². The van der Waals surface area contributed by atoms with Crippen molar-refractivity contribution in [2.24, 2.45) is 0 Å². The number of anilines is 1. The zero-order valence-corrected chi connectivity index (χ0v) is 7.91. The highest BCUT2D eigenvalue weighted by Gasteiger charge is 2.09. The van der Waals surface area contributed by atoms with Gasteiger partial charge in [-0.25, -0.2) is 4.98 Å². The van der Waals surface area contributed by atoms with Crippen LogP contribution in [0.3, 0.4) is 0 Å². The Hall–Kier alpha value is -0.870. The molecule has 2 heterocycles. The summed E-state index contributed by atoms with van der Waals surface area (Å²) in [6.45, 7) is 1.89. The molecule has 3 nitrogen and oxygen atoms in total. The predicted octanol–water partition coefficient (Wildman–Crippen LogP) is 2.24. The largest absolute Gasteiger partial charge is 0.396 e. The molecule has 2 rings (SSSR count). The lowest BCUT2D eigenvalue weighted by Crippen LogP contribution is -1.88. The number of pyridine rings is 1. The van der Waals surface area contributed by atoms with E-state index in [0.29, 0.717) is 10.7 Å². The first-order chi connectivity index (χ1) is 5.70. The standard InChI is InChI=1S/C7H6ClN3S/c1-3-5-6(8)4(9)2-10-7(5)12-11-3/h2H,9H2,1H3. The molecule has 12 heavy (non-hydrogen) atoms. The average molecular weight is 200 g/mol. The summed E-state index contributed by atoms with van der Waals surface area (Å²) >= 11 is 7.31.